The first-order valence-corrected chi connectivity index (χ1v) is 5.21. The lowest BCUT2D eigenvalue weighted by Crippen LogP contribution is -2.44. The van der Waals surface area contributed by atoms with Crippen molar-refractivity contribution in [1.29, 1.82) is 0 Å². The van der Waals surface area contributed by atoms with Crippen LogP contribution >= 0.6 is 0 Å². The van der Waals surface area contributed by atoms with E-state index in [0.29, 0.717) is 5.41 Å². The molecule has 0 aromatic carbocycles. The topological polar surface area (TPSA) is 3.24 Å². The van der Waals surface area contributed by atoms with E-state index < -0.39 is 6.43 Å². The molecular formula is C10H17F2N. The molecule has 1 heterocycles. The van der Waals surface area contributed by atoms with Gasteiger partial charge in [-0.05, 0) is 44.2 Å². The third kappa shape index (κ3) is 2.01. The molecule has 0 radical (unpaired) electrons. The second-order valence-electron chi connectivity index (χ2n) is 4.55. The van der Waals surface area contributed by atoms with Gasteiger partial charge in [0.25, 0.3) is 6.43 Å². The molecule has 2 rings (SSSR count). The molecule has 1 aliphatic heterocycles. The zero-order chi connectivity index (χ0) is 9.31. The van der Waals surface area contributed by atoms with E-state index in [4.69, 9.17) is 0 Å². The van der Waals surface area contributed by atoms with Gasteiger partial charge in [0.2, 0.25) is 0 Å². The SMILES string of the molecule is FC(F)CN1CCC2(CCC2)CC1. The number of likely N-dealkylation sites (tertiary alicyclic amines) is 1. The Labute approximate surface area is 78.1 Å². The van der Waals surface area contributed by atoms with Crippen molar-refractivity contribution < 1.29 is 8.78 Å². The molecule has 2 fully saturated rings. The van der Waals surface area contributed by atoms with Gasteiger partial charge in [-0.15, -0.1) is 0 Å². The van der Waals surface area contributed by atoms with E-state index in [0.717, 1.165) is 25.9 Å². The zero-order valence-corrected chi connectivity index (χ0v) is 7.94. The first-order chi connectivity index (χ1) is 6.20. The van der Waals surface area contributed by atoms with Crippen LogP contribution in [0.2, 0.25) is 0 Å². The maximum atomic E-state index is 12.1. The lowest BCUT2D eigenvalue weighted by molar-refractivity contribution is 0.00704. The molecule has 1 spiro atoms. The Kier molecular flexibility index (Phi) is 2.54. The van der Waals surface area contributed by atoms with Crippen LogP contribution in [0.4, 0.5) is 8.78 Å². The molecule has 3 heteroatoms. The molecule has 13 heavy (non-hydrogen) atoms. The molecule has 0 amide bonds. The summed E-state index contributed by atoms with van der Waals surface area (Å²) < 4.78 is 24.1. The molecule has 0 bridgehead atoms. The predicted molar refractivity (Wildman–Crippen MR) is 48.0 cm³/mol. The summed E-state index contributed by atoms with van der Waals surface area (Å²) in [6, 6.07) is 0. The third-order valence-corrected chi connectivity index (χ3v) is 3.73. The molecule has 0 N–H and O–H groups in total. The molecular weight excluding hydrogens is 172 g/mol. The summed E-state index contributed by atoms with van der Waals surface area (Å²) >= 11 is 0. The van der Waals surface area contributed by atoms with Crippen molar-refractivity contribution in [1.82, 2.24) is 4.90 Å². The van der Waals surface area contributed by atoms with Crippen molar-refractivity contribution in [3.8, 4) is 0 Å². The van der Waals surface area contributed by atoms with Crippen LogP contribution in [0.1, 0.15) is 32.1 Å². The summed E-state index contributed by atoms with van der Waals surface area (Å²) in [7, 11) is 0. The van der Waals surface area contributed by atoms with Crippen LogP contribution < -0.4 is 0 Å². The van der Waals surface area contributed by atoms with E-state index in [-0.39, 0.29) is 6.54 Å². The minimum absolute atomic E-state index is 0.0178. The van der Waals surface area contributed by atoms with Crippen molar-refractivity contribution >= 4 is 0 Å². The van der Waals surface area contributed by atoms with Crippen LogP contribution in [0.15, 0.2) is 0 Å². The number of hydrogen-bond donors (Lipinski definition) is 0. The van der Waals surface area contributed by atoms with Crippen molar-refractivity contribution in [2.75, 3.05) is 19.6 Å². The lowest BCUT2D eigenvalue weighted by atomic mass is 9.63. The number of alkyl halides is 2. The first-order valence-electron chi connectivity index (χ1n) is 5.21. The van der Waals surface area contributed by atoms with Gasteiger partial charge < -0.3 is 0 Å². The van der Waals surface area contributed by atoms with E-state index in [1.807, 2.05) is 4.90 Å². The highest BCUT2D eigenvalue weighted by Gasteiger charge is 2.39. The van der Waals surface area contributed by atoms with E-state index in [1.54, 1.807) is 0 Å². The molecule has 76 valence electrons. The molecule has 1 saturated heterocycles. The van der Waals surface area contributed by atoms with Crippen LogP contribution in [0, 0.1) is 5.41 Å². The van der Waals surface area contributed by atoms with E-state index in [9.17, 15) is 8.78 Å². The Morgan fingerprint density at radius 1 is 1.08 bits per heavy atom. The quantitative estimate of drug-likeness (QED) is 0.645. The lowest BCUT2D eigenvalue weighted by Gasteiger charge is -2.48. The highest BCUT2D eigenvalue weighted by Crippen LogP contribution is 2.48. The predicted octanol–water partition coefficient (Wildman–Crippen LogP) is 2.52. The molecule has 0 aromatic heterocycles. The van der Waals surface area contributed by atoms with Crippen molar-refractivity contribution in [2.45, 2.75) is 38.5 Å². The summed E-state index contributed by atoms with van der Waals surface area (Å²) in [6.45, 7) is 1.77. The Bertz CT molecular complexity index is 168. The average molecular weight is 189 g/mol. The summed E-state index contributed by atoms with van der Waals surface area (Å²) in [5, 5.41) is 0. The van der Waals surface area contributed by atoms with Gasteiger partial charge in [0.1, 0.15) is 0 Å². The molecule has 1 aliphatic carbocycles. The summed E-state index contributed by atoms with van der Waals surface area (Å²) in [5.74, 6) is 0. The number of halogens is 2. The van der Waals surface area contributed by atoms with Crippen molar-refractivity contribution in [2.24, 2.45) is 5.41 Å². The monoisotopic (exact) mass is 189 g/mol. The zero-order valence-electron chi connectivity index (χ0n) is 7.94. The van der Waals surface area contributed by atoms with Gasteiger partial charge >= 0.3 is 0 Å². The normalized spacial score (nSPS) is 27.9. The summed E-state index contributed by atoms with van der Waals surface area (Å²) in [5.41, 5.74) is 0.582. The van der Waals surface area contributed by atoms with Gasteiger partial charge in [-0.1, -0.05) is 6.42 Å². The number of hydrogen-bond acceptors (Lipinski definition) is 1. The van der Waals surface area contributed by atoms with Gasteiger partial charge in [0, 0.05) is 0 Å². The van der Waals surface area contributed by atoms with E-state index in [1.165, 1.54) is 19.3 Å². The maximum Gasteiger partial charge on any atom is 0.251 e. The number of piperidine rings is 1. The van der Waals surface area contributed by atoms with Crippen molar-refractivity contribution in [3.63, 3.8) is 0 Å². The molecule has 1 saturated carbocycles. The van der Waals surface area contributed by atoms with E-state index >= 15 is 0 Å². The smallest absolute Gasteiger partial charge is 0.251 e. The van der Waals surface area contributed by atoms with Gasteiger partial charge in [-0.25, -0.2) is 8.78 Å². The maximum absolute atomic E-state index is 12.1. The second kappa shape index (κ2) is 3.52. The largest absolute Gasteiger partial charge is 0.298 e. The van der Waals surface area contributed by atoms with Crippen LogP contribution in [0.5, 0.6) is 0 Å². The third-order valence-electron chi connectivity index (χ3n) is 3.73. The number of rotatable bonds is 2. The van der Waals surface area contributed by atoms with Crippen LogP contribution in [-0.4, -0.2) is 31.0 Å². The fourth-order valence-electron chi connectivity index (χ4n) is 2.58. The van der Waals surface area contributed by atoms with Crippen LogP contribution in [-0.2, 0) is 0 Å². The average Bonchev–Trinajstić information content (AvgIpc) is 2.02. The first kappa shape index (κ1) is 9.38. The molecule has 0 aromatic rings. The highest BCUT2D eigenvalue weighted by atomic mass is 19.3. The molecule has 2 aliphatic rings. The summed E-state index contributed by atoms with van der Waals surface area (Å²) in [6.07, 6.45) is 4.19. The number of nitrogens with zero attached hydrogens (tertiary/aromatic N) is 1. The minimum Gasteiger partial charge on any atom is -0.298 e. The second-order valence-corrected chi connectivity index (χ2v) is 4.55. The van der Waals surface area contributed by atoms with Gasteiger partial charge in [-0.3, -0.25) is 4.90 Å². The minimum atomic E-state index is -2.16. The van der Waals surface area contributed by atoms with Crippen LogP contribution in [0.3, 0.4) is 0 Å². The fraction of sp³-hybridized carbons (Fsp3) is 1.00. The van der Waals surface area contributed by atoms with Gasteiger partial charge in [0.05, 0.1) is 6.54 Å². The molecule has 1 nitrogen and oxygen atoms in total. The molecule has 0 unspecified atom stereocenters. The highest BCUT2D eigenvalue weighted by molar-refractivity contribution is 4.92. The Balaban J connectivity index is 1.76. The van der Waals surface area contributed by atoms with Gasteiger partial charge in [0.15, 0.2) is 0 Å². The van der Waals surface area contributed by atoms with Crippen LogP contribution in [0.25, 0.3) is 0 Å². The van der Waals surface area contributed by atoms with E-state index in [2.05, 4.69) is 0 Å². The Morgan fingerprint density at radius 3 is 2.08 bits per heavy atom. The molecule has 0 atom stereocenters. The van der Waals surface area contributed by atoms with Gasteiger partial charge in [-0.2, -0.15) is 0 Å². The Morgan fingerprint density at radius 2 is 1.69 bits per heavy atom. The standard InChI is InChI=1S/C10H17F2N/c11-9(12)8-13-6-4-10(5-7-13)2-1-3-10/h9H,1-8H2. The Hall–Kier alpha value is -0.180. The fourth-order valence-corrected chi connectivity index (χ4v) is 2.58. The van der Waals surface area contributed by atoms with Crippen molar-refractivity contribution in [3.05, 3.63) is 0 Å². The summed E-state index contributed by atoms with van der Waals surface area (Å²) in [4.78, 5) is 1.91.